The third-order valence-electron chi connectivity index (χ3n) is 26.1. The predicted octanol–water partition coefficient (Wildman–Crippen LogP) is 26.9. The molecular formula is C106H66B4N8O4S3. The van der Waals surface area contributed by atoms with Crippen molar-refractivity contribution in [1.29, 1.82) is 0 Å². The van der Waals surface area contributed by atoms with Crippen LogP contribution in [-0.4, -0.2) is 27.9 Å². The molecule has 22 aromatic rings. The Bertz CT molecular complexity index is 7550. The van der Waals surface area contributed by atoms with Gasteiger partial charge in [-0.15, -0.1) is 34.0 Å². The number of thiophene rings is 3. The maximum absolute atomic E-state index is 6.48. The second-order valence-electron chi connectivity index (χ2n) is 32.4. The molecule has 8 aliphatic heterocycles. The van der Waals surface area contributed by atoms with Crippen LogP contribution in [0.2, 0.25) is 0 Å². The normalized spacial score (nSPS) is 13.9. The van der Waals surface area contributed by atoms with E-state index in [2.05, 4.69) is 407 Å². The minimum Gasteiger partial charge on any atom is -0.462 e. The fourth-order valence-corrected chi connectivity index (χ4v) is 24.2. The molecule has 0 fully saturated rings. The van der Waals surface area contributed by atoms with Crippen LogP contribution in [0.5, 0.6) is 0 Å². The molecule has 15 heterocycles. The molecule has 0 aliphatic carbocycles. The lowest BCUT2D eigenvalue weighted by Gasteiger charge is -2.35. The number of benzene rings is 15. The smallest absolute Gasteiger partial charge is 0.421 e. The van der Waals surface area contributed by atoms with E-state index >= 15 is 0 Å². The van der Waals surface area contributed by atoms with Gasteiger partial charge in [-0.2, -0.15) is 0 Å². The number of nitrogens with zero attached hydrogens (tertiary/aromatic N) is 8. The van der Waals surface area contributed by atoms with Crippen molar-refractivity contribution in [3.8, 4) is 43.5 Å². The van der Waals surface area contributed by atoms with Gasteiger partial charge in [0.15, 0.2) is 22.7 Å². The van der Waals surface area contributed by atoms with Gasteiger partial charge >= 0.3 is 27.9 Å². The van der Waals surface area contributed by atoms with Crippen LogP contribution in [0.4, 0.5) is 91.0 Å². The van der Waals surface area contributed by atoms with E-state index in [9.17, 15) is 0 Å². The number of fused-ring (bicyclic) bond motifs is 41. The molecule has 0 unspecified atom stereocenters. The highest BCUT2D eigenvalue weighted by molar-refractivity contribution is 7.26. The number of hydrogen-bond acceptors (Lipinski definition) is 15. The van der Waals surface area contributed by atoms with Crippen LogP contribution >= 0.6 is 34.0 Å². The van der Waals surface area contributed by atoms with E-state index in [0.717, 1.165) is 95.1 Å². The fourth-order valence-electron chi connectivity index (χ4n) is 21.1. The molecule has 584 valence electrons. The van der Waals surface area contributed by atoms with Crippen LogP contribution in [0.25, 0.3) is 108 Å². The van der Waals surface area contributed by atoms with Crippen LogP contribution < -0.4 is 60.3 Å². The molecule has 0 bridgehead atoms. The molecule has 12 nitrogen and oxygen atoms in total. The topological polar surface area (TPSA) is 78.5 Å². The van der Waals surface area contributed by atoms with Gasteiger partial charge in [0, 0.05) is 70.9 Å². The standard InChI is InChI=1S/C28H17BN2O2.C28H17BN2OS.C28H17BN2S2.C22H15BN2O/c1-3-11-21-20(9-1)27-25(16-17-32-27)31-23-13-5-4-12-22(23)30(29(21)31)24-14-7-10-19-18-8-2-6-15-26(18)33-28(19)24;1-3-11-21-20(9-1)28-25(16-17-33-28)31-23-13-5-4-12-22(23)30(29(21)31)24-14-7-10-19-18-8-2-6-15-26(18)32-27(19)24;1-3-11-21-20(9-1)27-25(16-17-32-27)31-23-13-5-4-12-22(23)30(29(21)31)24-14-7-10-19-18-8-2-6-15-26(18)33-28(19)24;1-2-8-16(9-3-1)24-19-12-6-7-13-20(19)25-21-14-15-26-22(21)17-10-4-5-11-18(17)23(24)25/h3*1-17H;1-15H. The van der Waals surface area contributed by atoms with Crippen LogP contribution in [0.15, 0.2) is 417 Å². The summed E-state index contributed by atoms with van der Waals surface area (Å²) < 4.78 is 27.5. The van der Waals surface area contributed by atoms with Crippen LogP contribution in [0.3, 0.4) is 0 Å². The van der Waals surface area contributed by atoms with Crippen molar-refractivity contribution in [1.82, 2.24) is 0 Å². The van der Waals surface area contributed by atoms with Crippen molar-refractivity contribution in [2.75, 3.05) is 38.5 Å². The Labute approximate surface area is 732 Å². The molecule has 0 saturated heterocycles. The lowest BCUT2D eigenvalue weighted by Crippen LogP contribution is -2.55. The summed E-state index contributed by atoms with van der Waals surface area (Å²) in [6, 6.07) is 134. The molecule has 125 heavy (non-hydrogen) atoms. The fraction of sp³-hybridized carbons (Fsp3) is 0. The SMILES string of the molecule is c1ccc(N2B3c4ccccc4-c4occc4N3c3ccccc32)cc1.c1ccc2c(c1)B1N(c3ccccc3N1c1cccc3c1oc1ccccc13)c1ccoc1-2.c1ccc2c(c1)B1N(c3ccccc3N1c1cccc3c1oc1ccccc13)c1ccsc1-2.c1ccc2c(c1)B1N(c3ccccc3N1c1cccc3c1sc1ccccc13)c1ccsc1-2. The summed E-state index contributed by atoms with van der Waals surface area (Å²) in [6.07, 6.45) is 3.58. The zero-order valence-electron chi connectivity index (χ0n) is 66.8. The summed E-state index contributed by atoms with van der Waals surface area (Å²) in [5.74, 6) is 1.86. The van der Waals surface area contributed by atoms with E-state index in [0.29, 0.717) is 0 Å². The molecule has 0 N–H and O–H groups in total. The summed E-state index contributed by atoms with van der Waals surface area (Å²) in [6.45, 7) is 0.162. The Balaban J connectivity index is 0.0000000872. The average Bonchev–Trinajstić information content (AvgIpc) is 1.56. The molecule has 0 atom stereocenters. The number of furan rings is 4. The van der Waals surface area contributed by atoms with Gasteiger partial charge in [0.05, 0.1) is 95.2 Å². The highest BCUT2D eigenvalue weighted by atomic mass is 32.1. The third-order valence-corrected chi connectivity index (χ3v) is 29.2. The van der Waals surface area contributed by atoms with Crippen molar-refractivity contribution >= 4 is 239 Å². The van der Waals surface area contributed by atoms with Crippen LogP contribution in [0, 0.1) is 0 Å². The molecule has 8 aliphatic rings. The van der Waals surface area contributed by atoms with Crippen LogP contribution in [0.1, 0.15) is 0 Å². The van der Waals surface area contributed by atoms with E-state index in [1.54, 1.807) is 12.5 Å². The lowest BCUT2D eigenvalue weighted by molar-refractivity contribution is 0.582. The Hall–Kier alpha value is -15.3. The maximum atomic E-state index is 6.48. The van der Waals surface area contributed by atoms with Gasteiger partial charge in [-0.05, 0) is 165 Å². The number of hydrogen-bond donors (Lipinski definition) is 0. The van der Waals surface area contributed by atoms with Crippen molar-refractivity contribution in [3.05, 3.63) is 399 Å². The molecular weight excluding hydrogens is 1590 g/mol. The summed E-state index contributed by atoms with van der Waals surface area (Å²) in [5.41, 5.74) is 32.9. The van der Waals surface area contributed by atoms with Gasteiger partial charge in [-0.3, -0.25) is 0 Å². The van der Waals surface area contributed by atoms with Crippen molar-refractivity contribution in [2.24, 2.45) is 0 Å². The first-order valence-corrected chi connectivity index (χ1v) is 44.8. The Morgan fingerprint density at radius 3 is 1.00 bits per heavy atom. The molecule has 0 spiro atoms. The van der Waals surface area contributed by atoms with E-state index < -0.39 is 0 Å². The van der Waals surface area contributed by atoms with E-state index in [1.165, 1.54) is 125 Å². The minimum absolute atomic E-state index is 0.0273. The molecule has 0 radical (unpaired) electrons. The van der Waals surface area contributed by atoms with Gasteiger partial charge < -0.3 is 56.2 Å². The first kappa shape index (κ1) is 70.4. The Kier molecular flexibility index (Phi) is 15.6. The third kappa shape index (κ3) is 10.2. The summed E-state index contributed by atoms with van der Waals surface area (Å²) in [4.78, 5) is 22.4. The zero-order chi connectivity index (χ0) is 81.6. The zero-order valence-corrected chi connectivity index (χ0v) is 69.3. The second kappa shape index (κ2) is 27.6. The average molecular weight is 1660 g/mol. The van der Waals surface area contributed by atoms with Crippen molar-refractivity contribution in [2.45, 2.75) is 0 Å². The second-order valence-corrected chi connectivity index (χ2v) is 35.3. The largest absolute Gasteiger partial charge is 0.462 e. The van der Waals surface area contributed by atoms with Crippen LogP contribution in [-0.2, 0) is 0 Å². The monoisotopic (exact) mass is 1650 g/mol. The van der Waals surface area contributed by atoms with Gasteiger partial charge in [0.2, 0.25) is 0 Å². The van der Waals surface area contributed by atoms with Gasteiger partial charge in [-0.1, -0.05) is 255 Å². The molecule has 15 aromatic carbocycles. The van der Waals surface area contributed by atoms with E-state index in [-0.39, 0.29) is 27.9 Å². The molecule has 0 saturated carbocycles. The first-order chi connectivity index (χ1) is 62.1. The van der Waals surface area contributed by atoms with Gasteiger partial charge in [0.1, 0.15) is 11.2 Å². The van der Waals surface area contributed by atoms with Crippen molar-refractivity contribution < 1.29 is 17.7 Å². The highest BCUT2D eigenvalue weighted by Gasteiger charge is 2.54. The number of para-hydroxylation sites is 13. The molecule has 7 aromatic heterocycles. The van der Waals surface area contributed by atoms with Gasteiger partial charge in [0.25, 0.3) is 0 Å². The predicted molar refractivity (Wildman–Crippen MR) is 525 cm³/mol. The van der Waals surface area contributed by atoms with Crippen molar-refractivity contribution in [3.63, 3.8) is 0 Å². The quantitative estimate of drug-likeness (QED) is 0.158. The number of rotatable bonds is 4. The highest BCUT2D eigenvalue weighted by Crippen LogP contribution is 2.59. The summed E-state index contributed by atoms with van der Waals surface area (Å²) >= 11 is 5.55. The maximum Gasteiger partial charge on any atom is 0.421 e. The Morgan fingerprint density at radius 1 is 0.216 bits per heavy atom. The molecule has 19 heteroatoms. The lowest BCUT2D eigenvalue weighted by atomic mass is 9.60. The summed E-state index contributed by atoms with van der Waals surface area (Å²) in [5, 5.41) is 11.7. The Morgan fingerprint density at radius 2 is 0.536 bits per heavy atom. The minimum atomic E-state index is -0.0393. The molecule has 0 amide bonds. The first-order valence-electron chi connectivity index (χ1n) is 42.3. The van der Waals surface area contributed by atoms with E-state index in [1.807, 2.05) is 52.2 Å². The van der Waals surface area contributed by atoms with Gasteiger partial charge in [-0.25, -0.2) is 0 Å². The molecule has 30 rings (SSSR count). The summed E-state index contributed by atoms with van der Waals surface area (Å²) in [7, 11) is 0. The number of anilines is 16. The van der Waals surface area contributed by atoms with E-state index in [4.69, 9.17) is 17.7 Å².